The number of fused-ring (bicyclic) bond motifs is 2. The second-order valence-electron chi connectivity index (χ2n) is 4.35. The summed E-state index contributed by atoms with van der Waals surface area (Å²) >= 11 is 1.18. The van der Waals surface area contributed by atoms with Gasteiger partial charge in [0.25, 0.3) is 0 Å². The summed E-state index contributed by atoms with van der Waals surface area (Å²) in [5.41, 5.74) is 0.462. The van der Waals surface area contributed by atoms with E-state index >= 15 is 0 Å². The third-order valence-corrected chi connectivity index (χ3v) is 3.69. The lowest BCUT2D eigenvalue weighted by molar-refractivity contribution is -0.286. The molecule has 1 aliphatic heterocycles. The Labute approximate surface area is 134 Å². The molecule has 22 heavy (non-hydrogen) atoms. The molecule has 0 spiro atoms. The van der Waals surface area contributed by atoms with Crippen molar-refractivity contribution in [2.75, 3.05) is 18.9 Å². The minimum atomic E-state index is -3.64. The maximum Gasteiger partial charge on any atom is 0.586 e. The molecule has 2 N–H and O–H groups in total. The smallest absolute Gasteiger partial charge is 0.395 e. The number of thiazole rings is 1. The first-order valence-corrected chi connectivity index (χ1v) is 6.93. The molecule has 10 heteroatoms. The van der Waals surface area contributed by atoms with Crippen molar-refractivity contribution in [3.8, 4) is 11.5 Å². The normalized spacial score (nSPS) is 14.7. The van der Waals surface area contributed by atoms with Crippen LogP contribution in [0.25, 0.3) is 10.2 Å². The molecule has 0 saturated carbocycles. The molecule has 120 valence electrons. The van der Waals surface area contributed by atoms with Gasteiger partial charge in [0.2, 0.25) is 5.91 Å². The van der Waals surface area contributed by atoms with Crippen molar-refractivity contribution >= 4 is 45.0 Å². The predicted octanol–water partition coefficient (Wildman–Crippen LogP) is 2.59. The van der Waals surface area contributed by atoms with Crippen molar-refractivity contribution in [2.24, 2.45) is 0 Å². The summed E-state index contributed by atoms with van der Waals surface area (Å²) in [6.07, 6.45) is -3.32. The van der Waals surface area contributed by atoms with E-state index < -0.39 is 6.29 Å². The molecule has 0 atom stereocenters. The fourth-order valence-electron chi connectivity index (χ4n) is 1.85. The van der Waals surface area contributed by atoms with Gasteiger partial charge in [-0.1, -0.05) is 11.3 Å². The van der Waals surface area contributed by atoms with E-state index in [-0.39, 0.29) is 29.8 Å². The molecule has 1 aromatic heterocycles. The van der Waals surface area contributed by atoms with Crippen LogP contribution in [0.15, 0.2) is 12.1 Å². The van der Waals surface area contributed by atoms with Crippen molar-refractivity contribution < 1.29 is 23.0 Å². The van der Waals surface area contributed by atoms with E-state index in [9.17, 15) is 13.6 Å². The Balaban J connectivity index is 0.00000176. The second-order valence-corrected chi connectivity index (χ2v) is 5.39. The van der Waals surface area contributed by atoms with E-state index in [1.807, 2.05) is 0 Å². The second kappa shape index (κ2) is 6.19. The van der Waals surface area contributed by atoms with Crippen LogP contribution in [-0.4, -0.2) is 30.8 Å². The van der Waals surface area contributed by atoms with E-state index in [0.717, 1.165) is 0 Å². The highest BCUT2D eigenvalue weighted by atomic mass is 35.5. The molecule has 0 bridgehead atoms. The molecule has 2 heterocycles. The Morgan fingerprint density at radius 2 is 2.05 bits per heavy atom. The van der Waals surface area contributed by atoms with Gasteiger partial charge >= 0.3 is 6.29 Å². The number of carbonyl (C=O) groups is 1. The summed E-state index contributed by atoms with van der Waals surface area (Å²) in [5, 5.41) is 5.93. The number of aromatic nitrogens is 1. The molecule has 1 amide bonds. The number of amides is 1. The Bertz CT molecular complexity index is 665. The van der Waals surface area contributed by atoms with Crippen molar-refractivity contribution in [2.45, 2.75) is 12.7 Å². The van der Waals surface area contributed by atoms with Crippen molar-refractivity contribution in [3.63, 3.8) is 0 Å². The first-order chi connectivity index (χ1) is 9.97. The number of hydrogen-bond acceptors (Lipinski definition) is 6. The number of anilines is 1. The number of nitrogens with one attached hydrogen (secondary N) is 2. The number of benzene rings is 1. The lowest BCUT2D eigenvalue weighted by Gasteiger charge is -2.04. The fourth-order valence-corrected chi connectivity index (χ4v) is 2.74. The quantitative estimate of drug-likeness (QED) is 0.885. The van der Waals surface area contributed by atoms with Crippen molar-refractivity contribution in [1.82, 2.24) is 10.3 Å². The zero-order valence-electron chi connectivity index (χ0n) is 11.3. The fraction of sp³-hybridized carbons (Fsp3) is 0.333. The molecule has 0 unspecified atom stereocenters. The summed E-state index contributed by atoms with van der Waals surface area (Å²) in [5.74, 6) is -0.273. The third-order valence-electron chi connectivity index (χ3n) is 2.76. The van der Waals surface area contributed by atoms with E-state index in [2.05, 4.69) is 25.1 Å². The Hall–Kier alpha value is -1.71. The highest BCUT2D eigenvalue weighted by molar-refractivity contribution is 7.22. The number of rotatable bonds is 4. The van der Waals surface area contributed by atoms with Crippen LogP contribution >= 0.6 is 23.7 Å². The summed E-state index contributed by atoms with van der Waals surface area (Å²) in [7, 11) is 1.75. The number of carbonyl (C=O) groups excluding carboxylic acids is 1. The van der Waals surface area contributed by atoms with Crippen LogP contribution in [0.2, 0.25) is 0 Å². The monoisotopic (exact) mass is 351 g/mol. The number of nitrogens with zero attached hydrogens (tertiary/aromatic N) is 1. The number of alkyl halides is 2. The maximum absolute atomic E-state index is 12.9. The minimum Gasteiger partial charge on any atom is -0.395 e. The molecule has 3 rings (SSSR count). The van der Waals surface area contributed by atoms with Crippen molar-refractivity contribution in [1.29, 1.82) is 0 Å². The molecule has 0 saturated heterocycles. The van der Waals surface area contributed by atoms with Gasteiger partial charge in [-0.2, -0.15) is 0 Å². The van der Waals surface area contributed by atoms with Gasteiger partial charge in [-0.15, -0.1) is 21.2 Å². The van der Waals surface area contributed by atoms with Crippen LogP contribution < -0.4 is 20.1 Å². The molecule has 0 radical (unpaired) electrons. The highest BCUT2D eigenvalue weighted by Gasteiger charge is 2.43. The van der Waals surface area contributed by atoms with Gasteiger partial charge in [-0.25, -0.2) is 4.98 Å². The van der Waals surface area contributed by atoms with Gasteiger partial charge in [0, 0.05) is 25.1 Å². The molecule has 0 fully saturated rings. The minimum absolute atomic E-state index is 0. The molecule has 1 aliphatic rings. The van der Waals surface area contributed by atoms with E-state index in [1.165, 1.54) is 23.5 Å². The summed E-state index contributed by atoms with van der Waals surface area (Å²) in [6, 6.07) is 2.79. The van der Waals surface area contributed by atoms with Gasteiger partial charge in [-0.3, -0.25) is 4.79 Å². The van der Waals surface area contributed by atoms with Gasteiger partial charge in [0.15, 0.2) is 16.6 Å². The Kier molecular flexibility index (Phi) is 4.69. The number of ether oxygens (including phenoxy) is 2. The van der Waals surface area contributed by atoms with Crippen LogP contribution in [-0.2, 0) is 4.79 Å². The average Bonchev–Trinajstić information content (AvgIpc) is 2.90. The lowest BCUT2D eigenvalue weighted by Crippen LogP contribution is -2.25. The highest BCUT2D eigenvalue weighted by Crippen LogP contribution is 2.44. The first-order valence-electron chi connectivity index (χ1n) is 6.12. The molecular formula is C12H12ClF2N3O3S. The summed E-state index contributed by atoms with van der Waals surface area (Å²) in [6.45, 7) is 0.557. The predicted molar refractivity (Wildman–Crippen MR) is 80.2 cm³/mol. The standard InChI is InChI=1S/C12H11F2N3O3S.ClH/c1-15-3-2-10(18)17-11-16-6-4-7-8(5-9(6)21-11)20-12(13,14)19-7;/h4-5,15H,2-3H2,1H3,(H,16,17,18);1H. The van der Waals surface area contributed by atoms with E-state index in [4.69, 9.17) is 0 Å². The third kappa shape index (κ3) is 3.37. The largest absolute Gasteiger partial charge is 0.586 e. The van der Waals surface area contributed by atoms with Crippen LogP contribution in [0.4, 0.5) is 13.9 Å². The van der Waals surface area contributed by atoms with Crippen LogP contribution in [0.3, 0.4) is 0 Å². The van der Waals surface area contributed by atoms with E-state index in [0.29, 0.717) is 28.3 Å². The van der Waals surface area contributed by atoms with Crippen LogP contribution in [0.1, 0.15) is 6.42 Å². The number of halogens is 3. The molecule has 6 nitrogen and oxygen atoms in total. The SMILES string of the molecule is CNCCC(=O)Nc1nc2cc3c(cc2s1)OC(F)(F)O3.Cl. The summed E-state index contributed by atoms with van der Waals surface area (Å²) < 4.78 is 35.2. The summed E-state index contributed by atoms with van der Waals surface area (Å²) in [4.78, 5) is 15.8. The average molecular weight is 352 g/mol. The van der Waals surface area contributed by atoms with Crippen molar-refractivity contribution in [3.05, 3.63) is 12.1 Å². The molecule has 1 aromatic carbocycles. The maximum atomic E-state index is 12.9. The molecule has 2 aromatic rings. The van der Waals surface area contributed by atoms with Gasteiger partial charge in [0.1, 0.15) is 0 Å². The van der Waals surface area contributed by atoms with E-state index in [1.54, 1.807) is 7.05 Å². The Morgan fingerprint density at radius 1 is 1.36 bits per heavy atom. The van der Waals surface area contributed by atoms with Gasteiger partial charge < -0.3 is 20.1 Å². The van der Waals surface area contributed by atoms with Gasteiger partial charge in [-0.05, 0) is 7.05 Å². The molecule has 0 aliphatic carbocycles. The number of hydrogen-bond donors (Lipinski definition) is 2. The Morgan fingerprint density at radius 3 is 2.73 bits per heavy atom. The van der Waals surface area contributed by atoms with Crippen LogP contribution in [0.5, 0.6) is 11.5 Å². The first kappa shape index (κ1) is 16.7. The zero-order chi connectivity index (χ0) is 15.0. The topological polar surface area (TPSA) is 72.5 Å². The molecular weight excluding hydrogens is 340 g/mol. The van der Waals surface area contributed by atoms with Gasteiger partial charge in [0.05, 0.1) is 10.2 Å². The lowest BCUT2D eigenvalue weighted by atomic mass is 10.3. The zero-order valence-corrected chi connectivity index (χ0v) is 12.9. The van der Waals surface area contributed by atoms with Crippen LogP contribution in [0, 0.1) is 0 Å².